The van der Waals surface area contributed by atoms with E-state index in [0.717, 1.165) is 17.0 Å². The van der Waals surface area contributed by atoms with Gasteiger partial charge in [-0.05, 0) is 17.9 Å². The molecule has 0 amide bonds. The van der Waals surface area contributed by atoms with E-state index in [1.54, 1.807) is 17.4 Å². The number of anilines is 1. The molecule has 0 bridgehead atoms. The molecule has 2 aliphatic rings. The molecule has 25 heavy (non-hydrogen) atoms. The number of carbonyl (C=O) groups is 1. The van der Waals surface area contributed by atoms with E-state index < -0.39 is 0 Å². The first-order valence-corrected chi connectivity index (χ1v) is 9.96. The van der Waals surface area contributed by atoms with Crippen molar-refractivity contribution in [1.82, 2.24) is 9.97 Å². The van der Waals surface area contributed by atoms with Crippen molar-refractivity contribution >= 4 is 34.7 Å². The van der Waals surface area contributed by atoms with Crippen molar-refractivity contribution in [2.75, 3.05) is 11.1 Å². The van der Waals surface area contributed by atoms with Gasteiger partial charge in [-0.3, -0.25) is 9.59 Å². The van der Waals surface area contributed by atoms with Crippen LogP contribution < -0.4 is 10.9 Å². The lowest BCUT2D eigenvalue weighted by molar-refractivity contribution is -0.122. The Balaban J connectivity index is 1.89. The molecule has 0 saturated carbocycles. The molecule has 4 rings (SSSR count). The molecule has 5 nitrogen and oxygen atoms in total. The van der Waals surface area contributed by atoms with Crippen molar-refractivity contribution in [3.63, 3.8) is 0 Å². The molecule has 1 aliphatic heterocycles. The van der Waals surface area contributed by atoms with Crippen LogP contribution in [0, 0.1) is 5.92 Å². The van der Waals surface area contributed by atoms with E-state index in [2.05, 4.69) is 27.9 Å². The summed E-state index contributed by atoms with van der Waals surface area (Å²) >= 11 is 3.00. The molecule has 0 fully saturated rings. The summed E-state index contributed by atoms with van der Waals surface area (Å²) in [5, 5.41) is 5.79. The Kier molecular flexibility index (Phi) is 4.35. The third-order valence-corrected chi connectivity index (χ3v) is 6.29. The first-order chi connectivity index (χ1) is 12.2. The molecule has 3 heterocycles. The van der Waals surface area contributed by atoms with Crippen LogP contribution in [0.15, 0.2) is 51.9 Å². The average Bonchev–Trinajstić information content (AvgIpc) is 3.12. The summed E-state index contributed by atoms with van der Waals surface area (Å²) in [6.45, 7) is 3.69. The minimum absolute atomic E-state index is 0.179. The molecule has 2 aromatic heterocycles. The van der Waals surface area contributed by atoms with Crippen LogP contribution in [0.3, 0.4) is 0 Å². The van der Waals surface area contributed by atoms with Crippen LogP contribution in [-0.2, 0) is 4.79 Å². The van der Waals surface area contributed by atoms with Crippen molar-refractivity contribution in [3.8, 4) is 0 Å². The number of fused-ring (bicyclic) bond motifs is 2. The Morgan fingerprint density at radius 2 is 2.28 bits per heavy atom. The van der Waals surface area contributed by atoms with Gasteiger partial charge in [-0.25, -0.2) is 4.98 Å². The Hall–Kier alpha value is -2.12. The van der Waals surface area contributed by atoms with E-state index in [9.17, 15) is 9.59 Å². The zero-order valence-corrected chi connectivity index (χ0v) is 15.1. The predicted molar refractivity (Wildman–Crippen MR) is 101 cm³/mol. The van der Waals surface area contributed by atoms with Gasteiger partial charge < -0.3 is 10.3 Å². The largest absolute Gasteiger partial charge is 0.343 e. The predicted octanol–water partition coefficient (Wildman–Crippen LogP) is 3.53. The highest BCUT2D eigenvalue weighted by atomic mass is 32.2. The minimum atomic E-state index is -0.325. The summed E-state index contributed by atoms with van der Waals surface area (Å²) in [5.74, 6) is 0.809. The fraction of sp³-hybridized carbons (Fsp3) is 0.278. The summed E-state index contributed by atoms with van der Waals surface area (Å²) in [7, 11) is 0. The number of ketones is 1. The van der Waals surface area contributed by atoms with Crippen molar-refractivity contribution in [1.29, 1.82) is 0 Å². The van der Waals surface area contributed by atoms with Crippen LogP contribution in [-0.4, -0.2) is 21.5 Å². The van der Waals surface area contributed by atoms with Gasteiger partial charge in [0.1, 0.15) is 11.6 Å². The molecule has 0 spiro atoms. The fourth-order valence-corrected chi connectivity index (χ4v) is 4.92. The molecular weight excluding hydrogens is 354 g/mol. The van der Waals surface area contributed by atoms with Gasteiger partial charge in [-0.15, -0.1) is 17.9 Å². The maximum Gasteiger partial charge on any atom is 0.257 e. The van der Waals surface area contributed by atoms with Gasteiger partial charge in [-0.1, -0.05) is 30.0 Å². The van der Waals surface area contributed by atoms with Gasteiger partial charge in [0.25, 0.3) is 5.56 Å². The number of nitrogens with zero attached hydrogens (tertiary/aromatic N) is 1. The van der Waals surface area contributed by atoms with E-state index in [0.29, 0.717) is 28.7 Å². The highest BCUT2D eigenvalue weighted by Crippen LogP contribution is 2.45. The van der Waals surface area contributed by atoms with Crippen LogP contribution in [0.1, 0.15) is 29.2 Å². The molecule has 1 aliphatic carbocycles. The molecule has 2 N–H and O–H groups in total. The van der Waals surface area contributed by atoms with Gasteiger partial charge in [-0.2, -0.15) is 0 Å². The first kappa shape index (κ1) is 16.4. The number of Topliss-reactive ketones (excluding diaryl/α,β-unsaturated/α-hetero) is 1. The summed E-state index contributed by atoms with van der Waals surface area (Å²) in [4.78, 5) is 33.9. The smallest absolute Gasteiger partial charge is 0.257 e. The third-order valence-electron chi connectivity index (χ3n) is 4.47. The Morgan fingerprint density at radius 3 is 3.04 bits per heavy atom. The maximum atomic E-state index is 12.8. The lowest BCUT2D eigenvalue weighted by atomic mass is 9.74. The second-order valence-corrected chi connectivity index (χ2v) is 7.98. The quantitative estimate of drug-likeness (QED) is 0.489. The number of H-pyrrole nitrogens is 1. The Bertz CT molecular complexity index is 915. The summed E-state index contributed by atoms with van der Waals surface area (Å²) < 4.78 is 0. The normalized spacial score (nSPS) is 21.8. The number of aromatic amines is 1. The zero-order valence-electron chi connectivity index (χ0n) is 13.5. The summed E-state index contributed by atoms with van der Waals surface area (Å²) in [6.07, 6.45) is 5.08. The molecule has 128 valence electrons. The number of hydrogen-bond donors (Lipinski definition) is 2. The number of thioether (sulfide) groups is 1. The van der Waals surface area contributed by atoms with Crippen LogP contribution in [0.5, 0.6) is 0 Å². The molecule has 0 saturated heterocycles. The van der Waals surface area contributed by atoms with Gasteiger partial charge in [0.2, 0.25) is 0 Å². The molecule has 7 heteroatoms. The average molecular weight is 371 g/mol. The van der Waals surface area contributed by atoms with Crippen LogP contribution >= 0.6 is 23.1 Å². The summed E-state index contributed by atoms with van der Waals surface area (Å²) in [6, 6.07) is 3.94. The number of aromatic nitrogens is 2. The molecular formula is C18H17N3O2S2. The van der Waals surface area contributed by atoms with Crippen LogP contribution in [0.4, 0.5) is 5.82 Å². The highest BCUT2D eigenvalue weighted by Gasteiger charge is 2.42. The Morgan fingerprint density at radius 1 is 1.40 bits per heavy atom. The van der Waals surface area contributed by atoms with Crippen LogP contribution in [0.25, 0.3) is 0 Å². The number of allylic oxidation sites excluding steroid dienone is 2. The van der Waals surface area contributed by atoms with Gasteiger partial charge in [0.15, 0.2) is 5.16 Å². The SMILES string of the molecule is C=CCSc1nc2c(c(=O)[nH]1)C(c1cccs1)C1C(=O)CCC=C1N2. The fourth-order valence-electron chi connectivity index (χ4n) is 3.45. The summed E-state index contributed by atoms with van der Waals surface area (Å²) in [5.41, 5.74) is 1.25. The number of nitrogens with one attached hydrogen (secondary N) is 2. The third kappa shape index (κ3) is 2.87. The zero-order chi connectivity index (χ0) is 17.4. The van der Waals surface area contributed by atoms with E-state index >= 15 is 0 Å². The van der Waals surface area contributed by atoms with Crippen molar-refractivity contribution in [2.45, 2.75) is 23.9 Å². The minimum Gasteiger partial charge on any atom is -0.343 e. The second kappa shape index (κ2) is 6.65. The van der Waals surface area contributed by atoms with Crippen molar-refractivity contribution in [2.24, 2.45) is 5.92 Å². The molecule has 0 aromatic carbocycles. The lowest BCUT2D eigenvalue weighted by Gasteiger charge is -2.35. The molecule has 2 unspecified atom stereocenters. The molecule has 0 radical (unpaired) electrons. The van der Waals surface area contributed by atoms with Crippen LogP contribution in [0.2, 0.25) is 0 Å². The lowest BCUT2D eigenvalue weighted by Crippen LogP contribution is -2.38. The number of thiophene rings is 1. The number of carbonyl (C=O) groups excluding carboxylic acids is 1. The van der Waals surface area contributed by atoms with Gasteiger partial charge in [0.05, 0.1) is 11.5 Å². The highest BCUT2D eigenvalue weighted by molar-refractivity contribution is 7.99. The van der Waals surface area contributed by atoms with Gasteiger partial charge >= 0.3 is 0 Å². The topological polar surface area (TPSA) is 74.8 Å². The first-order valence-electron chi connectivity index (χ1n) is 8.10. The number of rotatable bonds is 4. The van der Waals surface area contributed by atoms with Crippen molar-refractivity contribution in [3.05, 3.63) is 62.7 Å². The molecule has 2 aromatic rings. The van der Waals surface area contributed by atoms with E-state index in [4.69, 9.17) is 0 Å². The standard InChI is InChI=1S/C18H17N3O2S2/c1-2-8-25-18-20-16-15(17(23)21-18)14(12-7-4-9-24-12)13-10(19-16)5-3-6-11(13)22/h2,4-5,7,9,13-14H,1,3,6,8H2,(H2,19,20,21,23). The van der Waals surface area contributed by atoms with E-state index in [1.807, 2.05) is 17.5 Å². The molecule has 2 atom stereocenters. The number of hydrogen-bond acceptors (Lipinski definition) is 6. The van der Waals surface area contributed by atoms with E-state index in [-0.39, 0.29) is 23.2 Å². The maximum absolute atomic E-state index is 12.8. The second-order valence-electron chi connectivity index (χ2n) is 5.99. The monoisotopic (exact) mass is 371 g/mol. The van der Waals surface area contributed by atoms with E-state index in [1.165, 1.54) is 11.8 Å². The van der Waals surface area contributed by atoms with Gasteiger partial charge in [0, 0.05) is 28.7 Å². The Labute approximate surface area is 153 Å². The van der Waals surface area contributed by atoms with Crippen molar-refractivity contribution < 1.29 is 4.79 Å².